The minimum atomic E-state index is -4.44. The molecular formula is C13H14BrF3N4. The molecule has 2 rings (SSSR count). The second-order valence-corrected chi connectivity index (χ2v) is 6.60. The summed E-state index contributed by atoms with van der Waals surface area (Å²) in [5, 5.41) is 7.65. The summed E-state index contributed by atoms with van der Waals surface area (Å²) >= 11 is 3.09. The number of alkyl halides is 3. The largest absolute Gasteiger partial charge is 0.416 e. The summed E-state index contributed by atoms with van der Waals surface area (Å²) in [6.45, 7) is 5.67. The third kappa shape index (κ3) is 3.20. The molecule has 0 unspecified atom stereocenters. The first-order valence-corrected chi connectivity index (χ1v) is 6.89. The molecule has 0 saturated carbocycles. The van der Waals surface area contributed by atoms with Crippen molar-refractivity contribution in [2.75, 3.05) is 5.73 Å². The third-order valence-corrected chi connectivity index (χ3v) is 3.32. The summed E-state index contributed by atoms with van der Waals surface area (Å²) in [4.78, 5) is 0. The van der Waals surface area contributed by atoms with Crippen LogP contribution in [0.25, 0.3) is 5.69 Å². The normalized spacial score (nSPS) is 12.7. The van der Waals surface area contributed by atoms with Gasteiger partial charge in [0.15, 0.2) is 5.82 Å². The molecule has 1 heterocycles. The van der Waals surface area contributed by atoms with Gasteiger partial charge >= 0.3 is 6.18 Å². The van der Waals surface area contributed by atoms with E-state index in [1.165, 1.54) is 4.68 Å². The van der Waals surface area contributed by atoms with Crippen LogP contribution in [0, 0.1) is 0 Å². The van der Waals surface area contributed by atoms with E-state index in [2.05, 4.69) is 26.2 Å². The SMILES string of the molecule is CC(C)(C)c1c(N)nnn1-c1cc(Br)cc(C(F)(F)F)c1. The fourth-order valence-corrected chi connectivity index (χ4v) is 2.52. The monoisotopic (exact) mass is 362 g/mol. The van der Waals surface area contributed by atoms with Gasteiger partial charge in [-0.2, -0.15) is 13.2 Å². The summed E-state index contributed by atoms with van der Waals surface area (Å²) in [6, 6.07) is 3.58. The van der Waals surface area contributed by atoms with Crippen LogP contribution < -0.4 is 5.73 Å². The van der Waals surface area contributed by atoms with Crippen molar-refractivity contribution in [3.8, 4) is 5.69 Å². The molecular weight excluding hydrogens is 349 g/mol. The fourth-order valence-electron chi connectivity index (χ4n) is 2.04. The van der Waals surface area contributed by atoms with Gasteiger partial charge in [-0.3, -0.25) is 0 Å². The highest BCUT2D eigenvalue weighted by atomic mass is 79.9. The molecule has 0 aliphatic heterocycles. The van der Waals surface area contributed by atoms with Gasteiger partial charge in [-0.25, -0.2) is 4.68 Å². The molecule has 0 spiro atoms. The Balaban J connectivity index is 2.66. The molecule has 0 atom stereocenters. The van der Waals surface area contributed by atoms with Crippen molar-refractivity contribution < 1.29 is 13.2 Å². The molecule has 2 aromatic rings. The van der Waals surface area contributed by atoms with Crippen LogP contribution in [0.4, 0.5) is 19.0 Å². The maximum atomic E-state index is 12.9. The number of nitrogen functional groups attached to an aromatic ring is 1. The lowest BCUT2D eigenvalue weighted by Crippen LogP contribution is -2.19. The Morgan fingerprint density at radius 1 is 1.14 bits per heavy atom. The molecule has 2 N–H and O–H groups in total. The summed E-state index contributed by atoms with van der Waals surface area (Å²) < 4.78 is 40.4. The number of hydrogen-bond acceptors (Lipinski definition) is 3. The Morgan fingerprint density at radius 2 is 1.76 bits per heavy atom. The lowest BCUT2D eigenvalue weighted by atomic mass is 9.91. The van der Waals surface area contributed by atoms with Crippen molar-refractivity contribution in [1.82, 2.24) is 15.0 Å². The summed E-state index contributed by atoms with van der Waals surface area (Å²) in [6.07, 6.45) is -4.44. The van der Waals surface area contributed by atoms with Gasteiger partial charge in [-0.1, -0.05) is 41.9 Å². The van der Waals surface area contributed by atoms with Gasteiger partial charge in [0.1, 0.15) is 0 Å². The van der Waals surface area contributed by atoms with Crippen LogP contribution in [0.3, 0.4) is 0 Å². The molecule has 0 saturated heterocycles. The first-order chi connectivity index (χ1) is 9.50. The van der Waals surface area contributed by atoms with Gasteiger partial charge in [0.2, 0.25) is 0 Å². The van der Waals surface area contributed by atoms with Crippen molar-refractivity contribution in [2.45, 2.75) is 32.4 Å². The van der Waals surface area contributed by atoms with Crippen LogP contribution in [0.15, 0.2) is 22.7 Å². The van der Waals surface area contributed by atoms with E-state index in [0.717, 1.165) is 12.1 Å². The number of halogens is 4. The van der Waals surface area contributed by atoms with E-state index in [4.69, 9.17) is 5.73 Å². The van der Waals surface area contributed by atoms with Gasteiger partial charge in [-0.15, -0.1) is 5.10 Å². The molecule has 4 nitrogen and oxygen atoms in total. The van der Waals surface area contributed by atoms with Crippen molar-refractivity contribution in [3.05, 3.63) is 33.9 Å². The number of aromatic nitrogens is 3. The van der Waals surface area contributed by atoms with Crippen LogP contribution in [-0.2, 0) is 11.6 Å². The van der Waals surface area contributed by atoms with Crippen molar-refractivity contribution in [1.29, 1.82) is 0 Å². The van der Waals surface area contributed by atoms with E-state index in [1.54, 1.807) is 6.07 Å². The van der Waals surface area contributed by atoms with Crippen molar-refractivity contribution >= 4 is 21.7 Å². The van der Waals surface area contributed by atoms with Crippen LogP contribution in [-0.4, -0.2) is 15.0 Å². The van der Waals surface area contributed by atoms with Gasteiger partial charge < -0.3 is 5.73 Å². The van der Waals surface area contributed by atoms with E-state index >= 15 is 0 Å². The first-order valence-electron chi connectivity index (χ1n) is 6.10. The Labute approximate surface area is 128 Å². The Hall–Kier alpha value is -1.57. The number of hydrogen-bond donors (Lipinski definition) is 1. The smallest absolute Gasteiger partial charge is 0.381 e. The van der Waals surface area contributed by atoms with Gasteiger partial charge in [0.05, 0.1) is 16.9 Å². The topological polar surface area (TPSA) is 56.7 Å². The van der Waals surface area contributed by atoms with E-state index in [0.29, 0.717) is 10.2 Å². The molecule has 1 aromatic heterocycles. The van der Waals surface area contributed by atoms with E-state index < -0.39 is 17.2 Å². The standard InChI is InChI=1S/C13H14BrF3N4/c1-12(2,3)10-11(18)19-20-21(10)9-5-7(13(15,16)17)4-8(14)6-9/h4-6H,18H2,1-3H3. The maximum Gasteiger partial charge on any atom is 0.416 e. The Kier molecular flexibility index (Phi) is 3.77. The molecule has 0 aliphatic carbocycles. The fraction of sp³-hybridized carbons (Fsp3) is 0.385. The predicted octanol–water partition coefficient (Wildman–Crippen LogP) is 3.93. The summed E-state index contributed by atoms with van der Waals surface area (Å²) in [7, 11) is 0. The highest BCUT2D eigenvalue weighted by Crippen LogP contribution is 2.34. The van der Waals surface area contributed by atoms with Gasteiger partial charge in [0.25, 0.3) is 0 Å². The van der Waals surface area contributed by atoms with Crippen LogP contribution in [0.1, 0.15) is 32.0 Å². The molecule has 0 aliphatic rings. The number of nitrogens with zero attached hydrogens (tertiary/aromatic N) is 3. The molecule has 0 amide bonds. The minimum absolute atomic E-state index is 0.205. The molecule has 114 valence electrons. The highest BCUT2D eigenvalue weighted by molar-refractivity contribution is 9.10. The number of nitrogens with two attached hydrogens (primary N) is 1. The summed E-state index contributed by atoms with van der Waals surface area (Å²) in [5.41, 5.74) is 5.45. The Bertz CT molecular complexity index is 671. The minimum Gasteiger partial charge on any atom is -0.381 e. The van der Waals surface area contributed by atoms with E-state index in [1.807, 2.05) is 20.8 Å². The van der Waals surface area contributed by atoms with Gasteiger partial charge in [-0.05, 0) is 18.2 Å². The molecule has 1 aromatic carbocycles. The highest BCUT2D eigenvalue weighted by Gasteiger charge is 2.32. The zero-order valence-corrected chi connectivity index (χ0v) is 13.2. The predicted molar refractivity (Wildman–Crippen MR) is 77.2 cm³/mol. The lowest BCUT2D eigenvalue weighted by Gasteiger charge is -2.20. The van der Waals surface area contributed by atoms with Crippen LogP contribution >= 0.6 is 15.9 Å². The average molecular weight is 363 g/mol. The molecule has 8 heteroatoms. The van der Waals surface area contributed by atoms with E-state index in [-0.39, 0.29) is 11.5 Å². The second-order valence-electron chi connectivity index (χ2n) is 5.68. The third-order valence-electron chi connectivity index (χ3n) is 2.86. The molecule has 0 radical (unpaired) electrons. The quantitative estimate of drug-likeness (QED) is 0.835. The maximum absolute atomic E-state index is 12.9. The molecule has 21 heavy (non-hydrogen) atoms. The molecule has 0 fully saturated rings. The second kappa shape index (κ2) is 5.01. The number of anilines is 1. The van der Waals surface area contributed by atoms with Gasteiger partial charge in [0, 0.05) is 9.89 Å². The number of rotatable bonds is 1. The van der Waals surface area contributed by atoms with Crippen molar-refractivity contribution in [2.24, 2.45) is 0 Å². The number of benzene rings is 1. The average Bonchev–Trinajstić information content (AvgIpc) is 2.69. The van der Waals surface area contributed by atoms with Crippen LogP contribution in [0.5, 0.6) is 0 Å². The zero-order chi connectivity index (χ0) is 16.0. The van der Waals surface area contributed by atoms with Crippen molar-refractivity contribution in [3.63, 3.8) is 0 Å². The van der Waals surface area contributed by atoms with E-state index in [9.17, 15) is 13.2 Å². The van der Waals surface area contributed by atoms with Crippen LogP contribution in [0.2, 0.25) is 0 Å². The Morgan fingerprint density at radius 3 is 2.29 bits per heavy atom. The summed E-state index contributed by atoms with van der Waals surface area (Å²) in [5.74, 6) is 0.205. The molecule has 0 bridgehead atoms. The first kappa shape index (κ1) is 15.8. The lowest BCUT2D eigenvalue weighted by molar-refractivity contribution is -0.137. The zero-order valence-electron chi connectivity index (χ0n) is 11.7.